The molecule has 0 aliphatic rings. The highest BCUT2D eigenvalue weighted by Gasteiger charge is 2.13. The summed E-state index contributed by atoms with van der Waals surface area (Å²) in [5.41, 5.74) is 2.86. The lowest BCUT2D eigenvalue weighted by atomic mass is 10.0. The minimum atomic E-state index is -0.0238. The number of nitrogens with zero attached hydrogens (tertiary/aromatic N) is 1. The summed E-state index contributed by atoms with van der Waals surface area (Å²) >= 11 is 9.70. The van der Waals surface area contributed by atoms with Gasteiger partial charge in [-0.15, -0.1) is 0 Å². The highest BCUT2D eigenvalue weighted by Crippen LogP contribution is 2.27. The lowest BCUT2D eigenvalue weighted by Crippen LogP contribution is -2.11. The summed E-state index contributed by atoms with van der Waals surface area (Å²) < 4.78 is 2.83. The fourth-order valence-electron chi connectivity index (χ4n) is 2.44. The highest BCUT2D eigenvalue weighted by atomic mass is 79.9. The normalized spacial score (nSPS) is 10.7. The highest BCUT2D eigenvalue weighted by molar-refractivity contribution is 9.10. The monoisotopic (exact) mass is 373 g/mol. The summed E-state index contributed by atoms with van der Waals surface area (Å²) in [6.45, 7) is 0. The van der Waals surface area contributed by atoms with Crippen LogP contribution in [0.3, 0.4) is 0 Å². The molecule has 3 rings (SSSR count). The first-order valence-electron chi connectivity index (χ1n) is 6.77. The van der Waals surface area contributed by atoms with Crippen molar-refractivity contribution in [2.45, 2.75) is 0 Å². The van der Waals surface area contributed by atoms with Crippen molar-refractivity contribution in [1.82, 2.24) is 4.57 Å². The first-order valence-corrected chi connectivity index (χ1v) is 7.94. The Morgan fingerprint density at radius 1 is 0.955 bits per heavy atom. The topological polar surface area (TPSA) is 22.0 Å². The molecule has 22 heavy (non-hydrogen) atoms. The molecular formula is C18H13BrClNO. The van der Waals surface area contributed by atoms with Crippen molar-refractivity contribution in [2.24, 2.45) is 7.05 Å². The Labute approximate surface area is 142 Å². The van der Waals surface area contributed by atoms with E-state index in [1.807, 2.05) is 66.5 Å². The molecule has 1 aromatic heterocycles. The molecule has 0 unspecified atom stereocenters. The standard InChI is InChI=1S/C18H13BrClNO/c1-21-10-15(12-5-4-6-13(19)9-12)18(22)16(11-21)14-7-2-3-8-17(14)20/h2-11H,1H3. The van der Waals surface area contributed by atoms with E-state index in [2.05, 4.69) is 15.9 Å². The average Bonchev–Trinajstić information content (AvgIpc) is 2.50. The van der Waals surface area contributed by atoms with Crippen LogP contribution in [-0.4, -0.2) is 4.57 Å². The predicted molar refractivity (Wildman–Crippen MR) is 95.3 cm³/mol. The summed E-state index contributed by atoms with van der Waals surface area (Å²) in [4.78, 5) is 12.9. The van der Waals surface area contributed by atoms with Crippen molar-refractivity contribution < 1.29 is 0 Å². The summed E-state index contributed by atoms with van der Waals surface area (Å²) in [6, 6.07) is 15.1. The molecule has 3 aromatic rings. The van der Waals surface area contributed by atoms with Gasteiger partial charge in [-0.2, -0.15) is 0 Å². The fraction of sp³-hybridized carbons (Fsp3) is 0.0556. The zero-order valence-corrected chi connectivity index (χ0v) is 14.2. The molecule has 0 aliphatic heterocycles. The van der Waals surface area contributed by atoms with E-state index in [1.165, 1.54) is 0 Å². The molecule has 4 heteroatoms. The van der Waals surface area contributed by atoms with Crippen LogP contribution in [0.1, 0.15) is 0 Å². The number of aryl methyl sites for hydroxylation is 1. The van der Waals surface area contributed by atoms with Gasteiger partial charge in [-0.3, -0.25) is 4.79 Å². The average molecular weight is 375 g/mol. The van der Waals surface area contributed by atoms with E-state index in [0.717, 1.165) is 15.6 Å². The Balaban J connectivity index is 2.27. The van der Waals surface area contributed by atoms with Crippen LogP contribution in [0.25, 0.3) is 22.3 Å². The van der Waals surface area contributed by atoms with Crippen LogP contribution >= 0.6 is 27.5 Å². The van der Waals surface area contributed by atoms with E-state index < -0.39 is 0 Å². The number of hydrogen-bond acceptors (Lipinski definition) is 1. The maximum absolute atomic E-state index is 12.9. The molecule has 0 amide bonds. The number of rotatable bonds is 2. The summed E-state index contributed by atoms with van der Waals surface area (Å²) in [7, 11) is 1.90. The van der Waals surface area contributed by atoms with Gasteiger partial charge < -0.3 is 4.57 Å². The van der Waals surface area contributed by atoms with Crippen LogP contribution < -0.4 is 5.43 Å². The van der Waals surface area contributed by atoms with Crippen molar-refractivity contribution in [3.05, 3.63) is 80.6 Å². The zero-order chi connectivity index (χ0) is 15.7. The quantitative estimate of drug-likeness (QED) is 0.609. The number of pyridine rings is 1. The van der Waals surface area contributed by atoms with Crippen LogP contribution in [0.5, 0.6) is 0 Å². The van der Waals surface area contributed by atoms with Crippen LogP contribution in [0, 0.1) is 0 Å². The van der Waals surface area contributed by atoms with Crippen LogP contribution in [0.2, 0.25) is 5.02 Å². The van der Waals surface area contributed by atoms with Gasteiger partial charge in [-0.05, 0) is 23.8 Å². The molecule has 0 radical (unpaired) electrons. The van der Waals surface area contributed by atoms with E-state index in [0.29, 0.717) is 16.1 Å². The van der Waals surface area contributed by atoms with Gasteiger partial charge in [0.05, 0.1) is 0 Å². The molecule has 0 N–H and O–H groups in total. The third-order valence-electron chi connectivity index (χ3n) is 3.45. The van der Waals surface area contributed by atoms with E-state index in [4.69, 9.17) is 11.6 Å². The second kappa shape index (κ2) is 6.11. The van der Waals surface area contributed by atoms with Crippen LogP contribution in [0.4, 0.5) is 0 Å². The molecule has 0 saturated carbocycles. The van der Waals surface area contributed by atoms with E-state index >= 15 is 0 Å². The third kappa shape index (κ3) is 2.87. The van der Waals surface area contributed by atoms with Gasteiger partial charge in [0.25, 0.3) is 0 Å². The van der Waals surface area contributed by atoms with Crippen molar-refractivity contribution >= 4 is 27.5 Å². The molecule has 0 spiro atoms. The Morgan fingerprint density at radius 2 is 1.68 bits per heavy atom. The summed E-state index contributed by atoms with van der Waals surface area (Å²) in [5.74, 6) is 0. The second-order valence-corrected chi connectivity index (χ2v) is 6.39. The van der Waals surface area contributed by atoms with E-state index in [1.54, 1.807) is 6.07 Å². The Hall–Kier alpha value is -1.84. The molecule has 0 saturated heterocycles. The van der Waals surface area contributed by atoms with E-state index in [-0.39, 0.29) is 5.43 Å². The van der Waals surface area contributed by atoms with Gasteiger partial charge >= 0.3 is 0 Å². The second-order valence-electron chi connectivity index (χ2n) is 5.07. The summed E-state index contributed by atoms with van der Waals surface area (Å²) in [5, 5.41) is 0.575. The molecular weight excluding hydrogens is 362 g/mol. The van der Waals surface area contributed by atoms with Crippen molar-refractivity contribution in [3.63, 3.8) is 0 Å². The number of hydrogen-bond donors (Lipinski definition) is 0. The number of benzene rings is 2. The third-order valence-corrected chi connectivity index (χ3v) is 4.28. The van der Waals surface area contributed by atoms with Crippen molar-refractivity contribution in [3.8, 4) is 22.3 Å². The first-order chi connectivity index (χ1) is 10.6. The SMILES string of the molecule is Cn1cc(-c2cccc(Br)c2)c(=O)c(-c2ccccc2Cl)c1. The fourth-order valence-corrected chi connectivity index (χ4v) is 3.08. The molecule has 1 heterocycles. The molecule has 110 valence electrons. The molecule has 2 nitrogen and oxygen atoms in total. The Bertz CT molecular complexity index is 902. The Kier molecular flexibility index (Phi) is 4.19. The van der Waals surface area contributed by atoms with Crippen LogP contribution in [-0.2, 0) is 7.05 Å². The van der Waals surface area contributed by atoms with Gasteiger partial charge in [0.15, 0.2) is 5.43 Å². The van der Waals surface area contributed by atoms with E-state index in [9.17, 15) is 4.79 Å². The molecule has 0 fully saturated rings. The van der Waals surface area contributed by atoms with Gasteiger partial charge in [0, 0.05) is 45.6 Å². The molecule has 0 atom stereocenters. The zero-order valence-electron chi connectivity index (χ0n) is 11.9. The lowest BCUT2D eigenvalue weighted by Gasteiger charge is -2.10. The van der Waals surface area contributed by atoms with Crippen molar-refractivity contribution in [2.75, 3.05) is 0 Å². The molecule has 2 aromatic carbocycles. The maximum Gasteiger partial charge on any atom is 0.197 e. The number of halogens is 2. The smallest absolute Gasteiger partial charge is 0.197 e. The minimum Gasteiger partial charge on any atom is -0.356 e. The van der Waals surface area contributed by atoms with Crippen molar-refractivity contribution in [1.29, 1.82) is 0 Å². The minimum absolute atomic E-state index is 0.0238. The first kappa shape index (κ1) is 15.1. The largest absolute Gasteiger partial charge is 0.356 e. The van der Waals surface area contributed by atoms with Gasteiger partial charge in [0.2, 0.25) is 0 Å². The van der Waals surface area contributed by atoms with Crippen LogP contribution in [0.15, 0.2) is 70.2 Å². The number of aromatic nitrogens is 1. The maximum atomic E-state index is 12.9. The summed E-state index contributed by atoms with van der Waals surface area (Å²) in [6.07, 6.45) is 3.65. The lowest BCUT2D eigenvalue weighted by molar-refractivity contribution is 0.904. The van der Waals surface area contributed by atoms with Gasteiger partial charge in [-0.25, -0.2) is 0 Å². The predicted octanol–water partition coefficient (Wildman–Crippen LogP) is 5.14. The van der Waals surface area contributed by atoms with Gasteiger partial charge in [-0.1, -0.05) is 57.9 Å². The molecule has 0 aliphatic carbocycles. The Morgan fingerprint density at radius 3 is 2.41 bits per heavy atom. The molecule has 0 bridgehead atoms. The van der Waals surface area contributed by atoms with Gasteiger partial charge in [0.1, 0.15) is 0 Å².